The van der Waals surface area contributed by atoms with Crippen molar-refractivity contribution in [3.63, 3.8) is 0 Å². The van der Waals surface area contributed by atoms with Crippen LogP contribution in [0.1, 0.15) is 17.7 Å². The maximum absolute atomic E-state index is 11.6. The van der Waals surface area contributed by atoms with E-state index < -0.39 is 0 Å². The fourth-order valence-corrected chi connectivity index (χ4v) is 2.48. The first-order chi connectivity index (χ1) is 8.75. The van der Waals surface area contributed by atoms with E-state index in [9.17, 15) is 9.59 Å². The molecule has 1 aromatic heterocycles. The molecule has 1 aromatic rings. The first-order valence-corrected chi connectivity index (χ1v) is 6.91. The molecule has 1 saturated heterocycles. The van der Waals surface area contributed by atoms with Crippen LogP contribution in [0.3, 0.4) is 0 Å². The van der Waals surface area contributed by atoms with Crippen molar-refractivity contribution in [3.05, 3.63) is 34.5 Å². The van der Waals surface area contributed by atoms with E-state index in [1.54, 1.807) is 16.2 Å². The van der Waals surface area contributed by atoms with Crippen LogP contribution in [0.4, 0.5) is 0 Å². The normalized spacial score (nSPS) is 15.2. The summed E-state index contributed by atoms with van der Waals surface area (Å²) in [5.41, 5.74) is 0. The molecule has 4 nitrogen and oxygen atoms in total. The summed E-state index contributed by atoms with van der Waals surface area (Å²) in [5.74, 6) is -0.297. The van der Waals surface area contributed by atoms with E-state index in [1.807, 2.05) is 17.5 Å². The van der Waals surface area contributed by atoms with Crippen LogP contribution in [0, 0.1) is 0 Å². The van der Waals surface area contributed by atoms with Crippen molar-refractivity contribution in [2.45, 2.75) is 19.4 Å². The van der Waals surface area contributed by atoms with Gasteiger partial charge in [-0.25, -0.2) is 0 Å². The number of nitrogens with one attached hydrogen (secondary N) is 1. The molecule has 0 aliphatic carbocycles. The number of carbonyl (C=O) groups excluding carboxylic acids is 2. The summed E-state index contributed by atoms with van der Waals surface area (Å²) in [6.45, 7) is 2.12. The minimum Gasteiger partial charge on any atom is -0.348 e. The summed E-state index contributed by atoms with van der Waals surface area (Å²) in [4.78, 5) is 26.0. The Kier molecular flexibility index (Phi) is 4.52. The van der Waals surface area contributed by atoms with Crippen molar-refractivity contribution in [1.82, 2.24) is 10.2 Å². The molecule has 0 saturated carbocycles. The highest BCUT2D eigenvalue weighted by Gasteiger charge is 2.15. The van der Waals surface area contributed by atoms with Gasteiger partial charge in [-0.1, -0.05) is 6.07 Å². The van der Waals surface area contributed by atoms with Gasteiger partial charge in [-0.05, 0) is 24.3 Å². The van der Waals surface area contributed by atoms with Gasteiger partial charge in [0.2, 0.25) is 11.8 Å². The van der Waals surface area contributed by atoms with Gasteiger partial charge < -0.3 is 10.2 Å². The van der Waals surface area contributed by atoms with Gasteiger partial charge in [0.05, 0.1) is 6.54 Å². The van der Waals surface area contributed by atoms with Crippen molar-refractivity contribution in [3.8, 4) is 0 Å². The Hall–Kier alpha value is -1.62. The van der Waals surface area contributed by atoms with Crippen LogP contribution in [0.5, 0.6) is 0 Å². The van der Waals surface area contributed by atoms with Gasteiger partial charge in [0.1, 0.15) is 0 Å². The lowest BCUT2D eigenvalue weighted by molar-refractivity contribution is -0.125. The molecule has 5 heteroatoms. The van der Waals surface area contributed by atoms with Crippen LogP contribution >= 0.6 is 11.3 Å². The van der Waals surface area contributed by atoms with Crippen LogP contribution < -0.4 is 5.32 Å². The molecule has 1 N–H and O–H groups in total. The van der Waals surface area contributed by atoms with Gasteiger partial charge >= 0.3 is 0 Å². The van der Waals surface area contributed by atoms with E-state index in [0.717, 1.165) is 30.8 Å². The smallest absolute Gasteiger partial charge is 0.246 e. The minimum atomic E-state index is -0.226. The van der Waals surface area contributed by atoms with Crippen molar-refractivity contribution in [2.24, 2.45) is 0 Å². The Labute approximate surface area is 110 Å². The first-order valence-electron chi connectivity index (χ1n) is 6.03. The third kappa shape index (κ3) is 3.70. The predicted molar refractivity (Wildman–Crippen MR) is 71.1 cm³/mol. The van der Waals surface area contributed by atoms with E-state index in [2.05, 4.69) is 5.32 Å². The summed E-state index contributed by atoms with van der Waals surface area (Å²) in [6, 6.07) is 3.91. The topological polar surface area (TPSA) is 49.4 Å². The highest BCUT2D eigenvalue weighted by Crippen LogP contribution is 2.08. The van der Waals surface area contributed by atoms with E-state index >= 15 is 0 Å². The molecule has 0 radical (unpaired) electrons. The lowest BCUT2D eigenvalue weighted by atomic mass is 10.4. The van der Waals surface area contributed by atoms with Gasteiger partial charge in [0.15, 0.2) is 0 Å². The average molecular weight is 264 g/mol. The van der Waals surface area contributed by atoms with Crippen molar-refractivity contribution in [2.75, 3.05) is 13.1 Å². The molecule has 0 spiro atoms. The van der Waals surface area contributed by atoms with E-state index in [0.29, 0.717) is 6.54 Å². The number of hydrogen-bond acceptors (Lipinski definition) is 3. The van der Waals surface area contributed by atoms with E-state index in [1.165, 1.54) is 12.2 Å². The van der Waals surface area contributed by atoms with E-state index in [4.69, 9.17) is 0 Å². The van der Waals surface area contributed by atoms with Crippen LogP contribution in [0.15, 0.2) is 29.7 Å². The van der Waals surface area contributed by atoms with E-state index in [-0.39, 0.29) is 11.8 Å². The molecule has 0 bridgehead atoms. The quantitative estimate of drug-likeness (QED) is 0.839. The second-order valence-electron chi connectivity index (χ2n) is 4.16. The fraction of sp³-hybridized carbons (Fsp3) is 0.385. The molecule has 2 rings (SSSR count). The molecule has 1 aliphatic heterocycles. The monoisotopic (exact) mass is 264 g/mol. The molecule has 1 aliphatic rings. The highest BCUT2D eigenvalue weighted by atomic mass is 32.1. The first kappa shape index (κ1) is 12.8. The Morgan fingerprint density at radius 1 is 1.33 bits per heavy atom. The molecule has 2 heterocycles. The van der Waals surface area contributed by atoms with Gasteiger partial charge in [-0.3, -0.25) is 9.59 Å². The number of hydrogen-bond donors (Lipinski definition) is 1. The second-order valence-corrected chi connectivity index (χ2v) is 5.20. The molecule has 1 fully saturated rings. The number of rotatable bonds is 4. The molecule has 96 valence electrons. The molecule has 0 unspecified atom stereocenters. The van der Waals surface area contributed by atoms with Gasteiger partial charge in [-0.2, -0.15) is 0 Å². The zero-order valence-electron chi connectivity index (χ0n) is 10.1. The summed E-state index contributed by atoms with van der Waals surface area (Å²) < 4.78 is 0. The third-order valence-corrected chi connectivity index (χ3v) is 3.69. The highest BCUT2D eigenvalue weighted by molar-refractivity contribution is 7.09. The lowest BCUT2D eigenvalue weighted by Gasteiger charge is -2.11. The minimum absolute atomic E-state index is 0.0706. The third-order valence-electron chi connectivity index (χ3n) is 2.81. The molecular weight excluding hydrogens is 248 g/mol. The Morgan fingerprint density at radius 2 is 2.11 bits per heavy atom. The predicted octanol–water partition coefficient (Wildman–Crippen LogP) is 1.54. The SMILES string of the molecule is O=C(/C=C\C(=O)N1CCCC1)NCc1cccs1. The Balaban J connectivity index is 1.74. The summed E-state index contributed by atoms with van der Waals surface area (Å²) in [7, 11) is 0. The number of likely N-dealkylation sites (tertiary alicyclic amines) is 1. The molecule has 2 amide bonds. The number of nitrogens with zero attached hydrogens (tertiary/aromatic N) is 1. The molecular formula is C13H16N2O2S. The van der Waals surface area contributed by atoms with Crippen LogP contribution in [-0.4, -0.2) is 29.8 Å². The molecule has 0 aromatic carbocycles. The number of carbonyl (C=O) groups is 2. The fourth-order valence-electron chi connectivity index (χ4n) is 1.84. The average Bonchev–Trinajstić information content (AvgIpc) is 3.05. The van der Waals surface area contributed by atoms with Crippen molar-refractivity contribution >= 4 is 23.2 Å². The maximum atomic E-state index is 11.6. The van der Waals surface area contributed by atoms with Crippen molar-refractivity contribution < 1.29 is 9.59 Å². The molecule has 0 atom stereocenters. The standard InChI is InChI=1S/C13H16N2O2S/c16-12(14-10-11-4-3-9-18-11)5-6-13(17)15-7-1-2-8-15/h3-6,9H,1-2,7-8,10H2,(H,14,16)/b6-5-. The Morgan fingerprint density at radius 3 is 2.78 bits per heavy atom. The van der Waals surface area contributed by atoms with Crippen LogP contribution in [0.2, 0.25) is 0 Å². The maximum Gasteiger partial charge on any atom is 0.246 e. The summed E-state index contributed by atoms with van der Waals surface area (Å²) in [5, 5.41) is 4.71. The lowest BCUT2D eigenvalue weighted by Crippen LogP contribution is -2.26. The zero-order valence-corrected chi connectivity index (χ0v) is 10.9. The summed E-state index contributed by atoms with van der Waals surface area (Å²) >= 11 is 1.60. The number of amides is 2. The van der Waals surface area contributed by atoms with Crippen LogP contribution in [-0.2, 0) is 16.1 Å². The van der Waals surface area contributed by atoms with Crippen LogP contribution in [0.25, 0.3) is 0 Å². The van der Waals surface area contributed by atoms with Gasteiger partial charge in [0.25, 0.3) is 0 Å². The van der Waals surface area contributed by atoms with Gasteiger partial charge in [0, 0.05) is 30.1 Å². The largest absolute Gasteiger partial charge is 0.348 e. The zero-order chi connectivity index (χ0) is 12.8. The molecule has 18 heavy (non-hydrogen) atoms. The number of thiophene rings is 1. The summed E-state index contributed by atoms with van der Waals surface area (Å²) in [6.07, 6.45) is 4.79. The van der Waals surface area contributed by atoms with Crippen molar-refractivity contribution in [1.29, 1.82) is 0 Å². The Bertz CT molecular complexity index is 434. The van der Waals surface area contributed by atoms with Gasteiger partial charge in [-0.15, -0.1) is 11.3 Å². The second kappa shape index (κ2) is 6.35.